The van der Waals surface area contributed by atoms with Crippen LogP contribution in [0.2, 0.25) is 0 Å². The number of anilines is 1. The third-order valence-corrected chi connectivity index (χ3v) is 3.53. The number of benzene rings is 1. The summed E-state index contributed by atoms with van der Waals surface area (Å²) in [6.45, 7) is 8.19. The zero-order chi connectivity index (χ0) is 14.4. The molecule has 1 rings (SSSR count). The molecule has 19 heavy (non-hydrogen) atoms. The molecule has 1 aromatic carbocycles. The first-order valence-corrected chi connectivity index (χ1v) is 6.87. The van der Waals surface area contributed by atoms with Gasteiger partial charge in [0.15, 0.2) is 0 Å². The molecular formula is C15H25N3O. The van der Waals surface area contributed by atoms with Gasteiger partial charge in [-0.15, -0.1) is 0 Å². The Morgan fingerprint density at radius 1 is 1.32 bits per heavy atom. The summed E-state index contributed by atoms with van der Waals surface area (Å²) in [6, 6.07) is 7.56. The van der Waals surface area contributed by atoms with Crippen molar-refractivity contribution in [3.05, 3.63) is 29.8 Å². The molecule has 0 aliphatic rings. The topological polar surface area (TPSA) is 67.2 Å². The highest BCUT2D eigenvalue weighted by molar-refractivity contribution is 5.89. The SMILES string of the molecule is CCC(C)C(C)NC(=O)Nc1cccc(C(C)N)c1. The summed E-state index contributed by atoms with van der Waals surface area (Å²) in [5.74, 6) is 0.459. The highest BCUT2D eigenvalue weighted by atomic mass is 16.2. The fourth-order valence-corrected chi connectivity index (χ4v) is 1.77. The maximum Gasteiger partial charge on any atom is 0.319 e. The number of hydrogen-bond acceptors (Lipinski definition) is 2. The van der Waals surface area contributed by atoms with E-state index in [0.29, 0.717) is 5.92 Å². The molecule has 0 heterocycles. The summed E-state index contributed by atoms with van der Waals surface area (Å²) in [6.07, 6.45) is 1.04. The van der Waals surface area contributed by atoms with Crippen LogP contribution >= 0.6 is 0 Å². The van der Waals surface area contributed by atoms with E-state index in [1.165, 1.54) is 0 Å². The summed E-state index contributed by atoms with van der Waals surface area (Å²) in [7, 11) is 0. The van der Waals surface area contributed by atoms with E-state index < -0.39 is 0 Å². The van der Waals surface area contributed by atoms with E-state index in [9.17, 15) is 4.79 Å². The average Bonchev–Trinajstić information content (AvgIpc) is 2.37. The van der Waals surface area contributed by atoms with Gasteiger partial charge < -0.3 is 16.4 Å². The molecule has 3 atom stereocenters. The molecule has 106 valence electrons. The fourth-order valence-electron chi connectivity index (χ4n) is 1.77. The largest absolute Gasteiger partial charge is 0.335 e. The lowest BCUT2D eigenvalue weighted by Crippen LogP contribution is -2.39. The van der Waals surface area contributed by atoms with Crippen molar-refractivity contribution in [1.29, 1.82) is 0 Å². The third-order valence-electron chi connectivity index (χ3n) is 3.53. The monoisotopic (exact) mass is 263 g/mol. The molecule has 0 fully saturated rings. The Morgan fingerprint density at radius 3 is 2.58 bits per heavy atom. The van der Waals surface area contributed by atoms with Gasteiger partial charge in [-0.05, 0) is 37.5 Å². The Kier molecular flexibility index (Phi) is 5.83. The van der Waals surface area contributed by atoms with Crippen molar-refractivity contribution in [2.75, 3.05) is 5.32 Å². The molecule has 4 heteroatoms. The third kappa shape index (κ3) is 4.91. The maximum absolute atomic E-state index is 11.9. The second kappa shape index (κ2) is 7.14. The van der Waals surface area contributed by atoms with E-state index in [2.05, 4.69) is 24.5 Å². The van der Waals surface area contributed by atoms with Crippen LogP contribution in [0.3, 0.4) is 0 Å². The van der Waals surface area contributed by atoms with Gasteiger partial charge in [0.2, 0.25) is 0 Å². The van der Waals surface area contributed by atoms with Crippen molar-refractivity contribution in [2.24, 2.45) is 11.7 Å². The van der Waals surface area contributed by atoms with Gasteiger partial charge in [-0.2, -0.15) is 0 Å². The van der Waals surface area contributed by atoms with Crippen LogP contribution < -0.4 is 16.4 Å². The Balaban J connectivity index is 2.59. The molecular weight excluding hydrogens is 238 g/mol. The van der Waals surface area contributed by atoms with E-state index in [1.54, 1.807) is 0 Å². The predicted octanol–water partition coefficient (Wildman–Crippen LogP) is 3.26. The first-order chi connectivity index (χ1) is 8.93. The highest BCUT2D eigenvalue weighted by Crippen LogP contribution is 2.15. The van der Waals surface area contributed by atoms with Crippen molar-refractivity contribution in [2.45, 2.75) is 46.2 Å². The number of hydrogen-bond donors (Lipinski definition) is 3. The first-order valence-electron chi connectivity index (χ1n) is 6.87. The molecule has 4 nitrogen and oxygen atoms in total. The number of nitrogens with two attached hydrogens (primary N) is 1. The maximum atomic E-state index is 11.9. The Morgan fingerprint density at radius 2 is 2.00 bits per heavy atom. The number of urea groups is 1. The smallest absolute Gasteiger partial charge is 0.319 e. The van der Waals surface area contributed by atoms with Crippen LogP contribution in [0.15, 0.2) is 24.3 Å². The van der Waals surface area contributed by atoms with Gasteiger partial charge in [-0.1, -0.05) is 32.4 Å². The number of amides is 2. The van der Waals surface area contributed by atoms with E-state index in [0.717, 1.165) is 17.7 Å². The van der Waals surface area contributed by atoms with Crippen LogP contribution in [0.25, 0.3) is 0 Å². The molecule has 0 spiro atoms. The molecule has 0 saturated heterocycles. The minimum absolute atomic E-state index is 0.0381. The Labute approximate surface area is 115 Å². The summed E-state index contributed by atoms with van der Waals surface area (Å²) in [5.41, 5.74) is 7.60. The lowest BCUT2D eigenvalue weighted by Gasteiger charge is -2.20. The van der Waals surface area contributed by atoms with E-state index in [-0.39, 0.29) is 18.1 Å². The van der Waals surface area contributed by atoms with Gasteiger partial charge in [0.25, 0.3) is 0 Å². The van der Waals surface area contributed by atoms with Crippen LogP contribution in [0, 0.1) is 5.92 Å². The van der Waals surface area contributed by atoms with Gasteiger partial charge in [0.05, 0.1) is 0 Å². The standard InChI is InChI=1S/C15H25N3O/c1-5-10(2)12(4)17-15(19)18-14-8-6-7-13(9-14)11(3)16/h6-12H,5,16H2,1-4H3,(H2,17,18,19). The van der Waals surface area contributed by atoms with Crippen LogP contribution in [0.5, 0.6) is 0 Å². The average molecular weight is 263 g/mol. The molecule has 1 aromatic rings. The Bertz CT molecular complexity index is 418. The van der Waals surface area contributed by atoms with E-state index in [1.807, 2.05) is 38.1 Å². The lowest BCUT2D eigenvalue weighted by atomic mass is 10.0. The minimum Gasteiger partial charge on any atom is -0.335 e. The minimum atomic E-state index is -0.172. The van der Waals surface area contributed by atoms with Crippen LogP contribution in [-0.2, 0) is 0 Å². The normalized spacial score (nSPS) is 15.4. The van der Waals surface area contributed by atoms with Crippen molar-refractivity contribution >= 4 is 11.7 Å². The van der Waals surface area contributed by atoms with E-state index >= 15 is 0 Å². The van der Waals surface area contributed by atoms with Crippen LogP contribution in [0.1, 0.15) is 45.7 Å². The second-order valence-electron chi connectivity index (χ2n) is 5.19. The van der Waals surface area contributed by atoms with Crippen LogP contribution in [0.4, 0.5) is 10.5 Å². The zero-order valence-corrected chi connectivity index (χ0v) is 12.2. The van der Waals surface area contributed by atoms with E-state index in [4.69, 9.17) is 5.73 Å². The summed E-state index contributed by atoms with van der Waals surface area (Å²) >= 11 is 0. The molecule has 2 amide bonds. The van der Waals surface area contributed by atoms with Gasteiger partial charge in [-0.25, -0.2) is 4.79 Å². The zero-order valence-electron chi connectivity index (χ0n) is 12.2. The van der Waals surface area contributed by atoms with Gasteiger partial charge in [-0.3, -0.25) is 0 Å². The highest BCUT2D eigenvalue weighted by Gasteiger charge is 2.13. The first kappa shape index (κ1) is 15.5. The molecule has 0 aliphatic carbocycles. The summed E-state index contributed by atoms with van der Waals surface area (Å²) in [4.78, 5) is 11.9. The molecule has 0 saturated carbocycles. The molecule has 0 bridgehead atoms. The van der Waals surface area contributed by atoms with Crippen molar-refractivity contribution in [3.8, 4) is 0 Å². The quantitative estimate of drug-likeness (QED) is 0.763. The molecule has 4 N–H and O–H groups in total. The van der Waals surface area contributed by atoms with Crippen molar-refractivity contribution in [1.82, 2.24) is 5.32 Å². The summed E-state index contributed by atoms with van der Waals surface area (Å²) < 4.78 is 0. The number of carbonyl (C=O) groups excluding carboxylic acids is 1. The number of rotatable bonds is 5. The molecule has 0 radical (unpaired) electrons. The van der Waals surface area contributed by atoms with Gasteiger partial charge >= 0.3 is 6.03 Å². The molecule has 0 aromatic heterocycles. The summed E-state index contributed by atoms with van der Waals surface area (Å²) in [5, 5.41) is 5.79. The van der Waals surface area contributed by atoms with Gasteiger partial charge in [0, 0.05) is 17.8 Å². The second-order valence-corrected chi connectivity index (χ2v) is 5.19. The van der Waals surface area contributed by atoms with Crippen molar-refractivity contribution in [3.63, 3.8) is 0 Å². The lowest BCUT2D eigenvalue weighted by molar-refractivity contribution is 0.244. The molecule has 3 unspecified atom stereocenters. The number of nitrogens with one attached hydrogen (secondary N) is 2. The van der Waals surface area contributed by atoms with Crippen molar-refractivity contribution < 1.29 is 4.79 Å². The van der Waals surface area contributed by atoms with Gasteiger partial charge in [0.1, 0.15) is 0 Å². The number of carbonyl (C=O) groups is 1. The van der Waals surface area contributed by atoms with Crippen LogP contribution in [-0.4, -0.2) is 12.1 Å². The molecule has 0 aliphatic heterocycles. The Hall–Kier alpha value is -1.55. The predicted molar refractivity (Wildman–Crippen MR) is 80.1 cm³/mol. The fraction of sp³-hybridized carbons (Fsp3) is 0.533.